The molecule has 1 N–H and O–H groups in total. The van der Waals surface area contributed by atoms with Crippen molar-refractivity contribution in [3.05, 3.63) is 37.9 Å². The van der Waals surface area contributed by atoms with Crippen molar-refractivity contribution in [1.29, 1.82) is 0 Å². The quantitative estimate of drug-likeness (QED) is 0.822. The Morgan fingerprint density at radius 1 is 1.29 bits per heavy atom. The van der Waals surface area contributed by atoms with Crippen molar-refractivity contribution in [1.82, 2.24) is 9.80 Å². The third-order valence-electron chi connectivity index (χ3n) is 5.18. The number of anilines is 1. The lowest BCUT2D eigenvalue weighted by molar-refractivity contribution is -0.119. The molecule has 2 aliphatic rings. The number of amides is 3. The van der Waals surface area contributed by atoms with E-state index in [1.54, 1.807) is 7.05 Å². The summed E-state index contributed by atoms with van der Waals surface area (Å²) >= 11 is 2.83. The minimum absolute atomic E-state index is 0.00271. The third-order valence-corrected chi connectivity index (χ3v) is 7.43. The predicted octanol–water partition coefficient (Wildman–Crippen LogP) is 1.73. The molecule has 4 rings (SSSR count). The van der Waals surface area contributed by atoms with Crippen LogP contribution in [-0.2, 0) is 17.8 Å². The van der Waals surface area contributed by atoms with E-state index in [-0.39, 0.29) is 37.4 Å². The van der Waals surface area contributed by atoms with Gasteiger partial charge in [-0.05, 0) is 35.9 Å². The van der Waals surface area contributed by atoms with E-state index in [2.05, 4.69) is 0 Å². The lowest BCUT2D eigenvalue weighted by Gasteiger charge is -2.27. The number of rotatable bonds is 3. The number of likely N-dealkylation sites (N-methyl/N-ethyl adjacent to an activating group) is 1. The van der Waals surface area contributed by atoms with E-state index in [4.69, 9.17) is 0 Å². The highest BCUT2D eigenvalue weighted by molar-refractivity contribution is 7.17. The highest BCUT2D eigenvalue weighted by Crippen LogP contribution is 2.41. The minimum atomic E-state index is -0.204. The van der Waals surface area contributed by atoms with Crippen LogP contribution >= 0.6 is 22.7 Å². The fourth-order valence-corrected chi connectivity index (χ4v) is 5.99. The lowest BCUT2D eigenvalue weighted by Crippen LogP contribution is -2.39. The Morgan fingerprint density at radius 2 is 2.07 bits per heavy atom. The van der Waals surface area contributed by atoms with Crippen LogP contribution in [-0.4, -0.2) is 65.9 Å². The Hall–Kier alpha value is -2.23. The highest BCUT2D eigenvalue weighted by Gasteiger charge is 2.37. The van der Waals surface area contributed by atoms with Crippen LogP contribution in [0.25, 0.3) is 0 Å². The number of aryl methyl sites for hydroxylation is 1. The van der Waals surface area contributed by atoms with Crippen molar-refractivity contribution in [3.8, 4) is 0 Å². The molecule has 0 bridgehead atoms. The summed E-state index contributed by atoms with van der Waals surface area (Å²) in [4.78, 5) is 44.8. The summed E-state index contributed by atoms with van der Waals surface area (Å²) in [5, 5.41) is 11.9. The van der Waals surface area contributed by atoms with Crippen molar-refractivity contribution in [3.63, 3.8) is 0 Å². The van der Waals surface area contributed by atoms with Crippen molar-refractivity contribution < 1.29 is 19.5 Å². The Bertz CT molecular complexity index is 965. The van der Waals surface area contributed by atoms with Crippen LogP contribution < -0.4 is 4.90 Å². The van der Waals surface area contributed by atoms with Gasteiger partial charge in [0.25, 0.3) is 11.8 Å². The van der Waals surface area contributed by atoms with Crippen LogP contribution in [0.1, 0.15) is 36.0 Å². The maximum absolute atomic E-state index is 12.9. The standard InChI is InChI=1S/C19H21N3O4S2/c1-11-4-8-27-16(11)18(26)21-5-3-12-13(9-21)28-19-15(12)17(25)20(2)10-14(24)22(19)6-7-23/h4,8,23H,3,5-7,9-10H2,1-2H3. The second kappa shape index (κ2) is 7.31. The summed E-state index contributed by atoms with van der Waals surface area (Å²) in [6.45, 7) is 2.88. The van der Waals surface area contributed by atoms with Gasteiger partial charge in [-0.2, -0.15) is 0 Å². The summed E-state index contributed by atoms with van der Waals surface area (Å²) < 4.78 is 0. The topological polar surface area (TPSA) is 81.2 Å². The number of β-amino-alcohol motifs (C(OH)–C–C–N with tert-alkyl or cyclic N) is 1. The van der Waals surface area contributed by atoms with Gasteiger partial charge in [0.2, 0.25) is 5.91 Å². The molecule has 7 nitrogen and oxygen atoms in total. The summed E-state index contributed by atoms with van der Waals surface area (Å²) in [7, 11) is 1.62. The van der Waals surface area contributed by atoms with Crippen molar-refractivity contribution in [2.45, 2.75) is 19.9 Å². The number of thiophene rings is 2. The van der Waals surface area contributed by atoms with E-state index in [0.29, 0.717) is 30.1 Å². The highest BCUT2D eigenvalue weighted by atomic mass is 32.1. The molecule has 0 aromatic carbocycles. The second-order valence-corrected chi connectivity index (χ2v) is 9.02. The van der Waals surface area contributed by atoms with E-state index >= 15 is 0 Å². The Kier molecular flexibility index (Phi) is 4.98. The molecule has 2 aromatic heterocycles. The number of aliphatic hydroxyl groups is 1. The van der Waals surface area contributed by atoms with Gasteiger partial charge in [0.15, 0.2) is 0 Å². The van der Waals surface area contributed by atoms with Gasteiger partial charge in [0.05, 0.1) is 23.6 Å². The number of hydrogen-bond acceptors (Lipinski definition) is 6. The Labute approximate surface area is 170 Å². The third kappa shape index (κ3) is 3.03. The van der Waals surface area contributed by atoms with E-state index in [0.717, 1.165) is 20.9 Å². The van der Waals surface area contributed by atoms with Crippen LogP contribution in [0, 0.1) is 6.92 Å². The first-order valence-corrected chi connectivity index (χ1v) is 10.8. The zero-order valence-electron chi connectivity index (χ0n) is 15.7. The molecule has 148 valence electrons. The number of nitrogens with zero attached hydrogens (tertiary/aromatic N) is 3. The van der Waals surface area contributed by atoms with Crippen LogP contribution in [0.3, 0.4) is 0 Å². The maximum atomic E-state index is 12.9. The van der Waals surface area contributed by atoms with Gasteiger partial charge in [-0.25, -0.2) is 0 Å². The van der Waals surface area contributed by atoms with Gasteiger partial charge < -0.3 is 14.9 Å². The normalized spacial score (nSPS) is 16.9. The molecule has 0 atom stereocenters. The number of carbonyl (C=O) groups excluding carboxylic acids is 3. The fraction of sp³-hybridized carbons (Fsp3) is 0.421. The van der Waals surface area contributed by atoms with E-state index < -0.39 is 0 Å². The number of aliphatic hydroxyl groups excluding tert-OH is 1. The number of fused-ring (bicyclic) bond motifs is 3. The molecule has 0 radical (unpaired) electrons. The molecule has 9 heteroatoms. The number of carbonyl (C=O) groups is 3. The molecule has 2 aromatic rings. The van der Waals surface area contributed by atoms with Gasteiger partial charge in [0.1, 0.15) is 11.5 Å². The first-order valence-electron chi connectivity index (χ1n) is 9.07. The minimum Gasteiger partial charge on any atom is -0.395 e. The molecule has 28 heavy (non-hydrogen) atoms. The molecular formula is C19H21N3O4S2. The van der Waals surface area contributed by atoms with Crippen LogP contribution in [0.4, 0.5) is 5.00 Å². The van der Waals surface area contributed by atoms with Crippen molar-refractivity contribution in [2.75, 3.05) is 38.2 Å². The van der Waals surface area contributed by atoms with E-state index in [1.165, 1.54) is 32.5 Å². The monoisotopic (exact) mass is 419 g/mol. The number of hydrogen-bond donors (Lipinski definition) is 1. The smallest absolute Gasteiger partial charge is 0.264 e. The molecular weight excluding hydrogens is 398 g/mol. The molecule has 2 aliphatic heterocycles. The van der Waals surface area contributed by atoms with Gasteiger partial charge in [-0.15, -0.1) is 22.7 Å². The molecule has 4 heterocycles. The van der Waals surface area contributed by atoms with Crippen molar-refractivity contribution >= 4 is 45.4 Å². The summed E-state index contributed by atoms with van der Waals surface area (Å²) in [5.74, 6) is -0.368. The largest absolute Gasteiger partial charge is 0.395 e. The fourth-order valence-electron chi connectivity index (χ4n) is 3.70. The van der Waals surface area contributed by atoms with Crippen LogP contribution in [0.5, 0.6) is 0 Å². The van der Waals surface area contributed by atoms with Crippen molar-refractivity contribution in [2.24, 2.45) is 0 Å². The molecule has 3 amide bonds. The van der Waals surface area contributed by atoms with Crippen LogP contribution in [0.15, 0.2) is 11.4 Å². The second-order valence-electron chi connectivity index (χ2n) is 7.02. The summed E-state index contributed by atoms with van der Waals surface area (Å²) in [5.41, 5.74) is 2.46. The zero-order valence-corrected chi connectivity index (χ0v) is 17.4. The van der Waals surface area contributed by atoms with Gasteiger partial charge in [0, 0.05) is 25.0 Å². The zero-order chi connectivity index (χ0) is 20.0. The molecule has 0 fully saturated rings. The average molecular weight is 420 g/mol. The lowest BCUT2D eigenvalue weighted by atomic mass is 10.0. The Morgan fingerprint density at radius 3 is 2.75 bits per heavy atom. The molecule has 0 saturated heterocycles. The van der Waals surface area contributed by atoms with E-state index in [1.807, 2.05) is 23.3 Å². The first kappa shape index (κ1) is 19.1. The van der Waals surface area contributed by atoms with Gasteiger partial charge in [-0.3, -0.25) is 19.3 Å². The molecule has 0 aliphatic carbocycles. The van der Waals surface area contributed by atoms with E-state index in [9.17, 15) is 19.5 Å². The average Bonchev–Trinajstić information content (AvgIpc) is 3.25. The molecule has 0 spiro atoms. The summed E-state index contributed by atoms with van der Waals surface area (Å²) in [6.07, 6.45) is 0.581. The SMILES string of the molecule is Cc1ccsc1C(=O)N1CCc2c(sc3c2C(=O)N(C)CC(=O)N3CCO)C1. The predicted molar refractivity (Wildman–Crippen MR) is 108 cm³/mol. The van der Waals surface area contributed by atoms with Gasteiger partial charge >= 0.3 is 0 Å². The first-order chi connectivity index (χ1) is 13.4. The molecule has 0 saturated carbocycles. The summed E-state index contributed by atoms with van der Waals surface area (Å²) in [6, 6.07) is 1.94. The maximum Gasteiger partial charge on any atom is 0.264 e. The van der Waals surface area contributed by atoms with Crippen LogP contribution in [0.2, 0.25) is 0 Å². The van der Waals surface area contributed by atoms with Gasteiger partial charge in [-0.1, -0.05) is 0 Å². The Balaban J connectivity index is 1.71. The molecule has 0 unspecified atom stereocenters.